The molecule has 0 aliphatic carbocycles. The second-order valence-electron chi connectivity index (χ2n) is 3.78. The molecule has 0 bridgehead atoms. The fourth-order valence-electron chi connectivity index (χ4n) is 1.48. The highest BCUT2D eigenvalue weighted by atomic mass is 35.5. The van der Waals surface area contributed by atoms with Crippen molar-refractivity contribution in [1.29, 1.82) is 0 Å². The Balaban J connectivity index is 2.69. The first-order chi connectivity index (χ1) is 8.29. The van der Waals surface area contributed by atoms with Crippen LogP contribution in [0.5, 0.6) is 5.75 Å². The quantitative estimate of drug-likeness (QED) is 0.590. The summed E-state index contributed by atoms with van der Waals surface area (Å²) in [5.41, 5.74) is 1.11. The molecule has 0 amide bonds. The molecule has 0 atom stereocenters. The molecule has 0 aliphatic rings. The molecule has 1 N–H and O–H groups in total. The Labute approximate surface area is 109 Å². The van der Waals surface area contributed by atoms with Crippen molar-refractivity contribution in [2.75, 3.05) is 13.2 Å². The van der Waals surface area contributed by atoms with Crippen LogP contribution in [0.3, 0.4) is 0 Å². The van der Waals surface area contributed by atoms with Crippen LogP contribution in [0.4, 0.5) is 0 Å². The molecule has 1 aromatic rings. The Morgan fingerprint density at radius 1 is 1.41 bits per heavy atom. The average Bonchev–Trinajstić information content (AvgIpc) is 2.33. The van der Waals surface area contributed by atoms with Crippen LogP contribution < -0.4 is 10.1 Å². The molecule has 0 heterocycles. The minimum Gasteiger partial charge on any atom is -0.488 e. The van der Waals surface area contributed by atoms with E-state index in [1.54, 1.807) is 0 Å². The second-order valence-corrected chi connectivity index (χ2v) is 4.19. The van der Waals surface area contributed by atoms with Gasteiger partial charge < -0.3 is 10.1 Å². The van der Waals surface area contributed by atoms with Gasteiger partial charge in [-0.25, -0.2) is 0 Å². The number of allylic oxidation sites excluding steroid dienone is 1. The maximum Gasteiger partial charge on any atom is 0.142 e. The standard InChI is InChI=1S/C14H20ClNO/c1-3-5-10-17-14-12(11-16-9-4-2)7-6-8-13(14)15/h3,5-8,16H,4,9-11H2,1-2H3/b5-3+. The molecule has 0 aromatic heterocycles. The number of rotatable bonds is 7. The number of nitrogens with one attached hydrogen (secondary N) is 1. The van der Waals surface area contributed by atoms with Crippen molar-refractivity contribution in [3.63, 3.8) is 0 Å². The van der Waals surface area contributed by atoms with E-state index in [1.807, 2.05) is 37.3 Å². The van der Waals surface area contributed by atoms with E-state index in [1.165, 1.54) is 0 Å². The molecule has 0 fully saturated rings. The summed E-state index contributed by atoms with van der Waals surface area (Å²) in [4.78, 5) is 0. The van der Waals surface area contributed by atoms with E-state index >= 15 is 0 Å². The van der Waals surface area contributed by atoms with Gasteiger partial charge in [0, 0.05) is 12.1 Å². The molecular weight excluding hydrogens is 234 g/mol. The Morgan fingerprint density at radius 2 is 2.24 bits per heavy atom. The van der Waals surface area contributed by atoms with Crippen molar-refractivity contribution >= 4 is 11.6 Å². The summed E-state index contributed by atoms with van der Waals surface area (Å²) in [6, 6.07) is 5.85. The summed E-state index contributed by atoms with van der Waals surface area (Å²) in [6.07, 6.45) is 5.05. The van der Waals surface area contributed by atoms with E-state index in [0.717, 1.165) is 30.8 Å². The highest BCUT2D eigenvalue weighted by Gasteiger charge is 2.07. The van der Waals surface area contributed by atoms with Crippen LogP contribution in [0, 0.1) is 0 Å². The lowest BCUT2D eigenvalue weighted by molar-refractivity contribution is 0.357. The van der Waals surface area contributed by atoms with Gasteiger partial charge in [0.05, 0.1) is 5.02 Å². The maximum absolute atomic E-state index is 6.14. The van der Waals surface area contributed by atoms with Crippen LogP contribution in [-0.2, 0) is 6.54 Å². The van der Waals surface area contributed by atoms with Gasteiger partial charge in [-0.3, -0.25) is 0 Å². The molecule has 1 rings (SSSR count). The zero-order chi connectivity index (χ0) is 12.5. The van der Waals surface area contributed by atoms with Crippen LogP contribution >= 0.6 is 11.6 Å². The van der Waals surface area contributed by atoms with E-state index in [-0.39, 0.29) is 0 Å². The van der Waals surface area contributed by atoms with Crippen molar-refractivity contribution in [3.8, 4) is 5.75 Å². The normalized spacial score (nSPS) is 11.0. The Hall–Kier alpha value is -0.990. The Kier molecular flexibility index (Phi) is 6.75. The van der Waals surface area contributed by atoms with E-state index in [0.29, 0.717) is 11.6 Å². The Bertz CT molecular complexity index is 363. The lowest BCUT2D eigenvalue weighted by Crippen LogP contribution is -2.14. The smallest absolute Gasteiger partial charge is 0.142 e. The van der Waals surface area contributed by atoms with Gasteiger partial charge >= 0.3 is 0 Å². The molecule has 17 heavy (non-hydrogen) atoms. The largest absolute Gasteiger partial charge is 0.488 e. The molecular formula is C14H20ClNO. The molecule has 2 nitrogen and oxygen atoms in total. The van der Waals surface area contributed by atoms with Gasteiger partial charge in [-0.05, 0) is 26.0 Å². The van der Waals surface area contributed by atoms with E-state index in [9.17, 15) is 0 Å². The van der Waals surface area contributed by atoms with Crippen molar-refractivity contribution < 1.29 is 4.74 Å². The number of hydrogen-bond acceptors (Lipinski definition) is 2. The molecule has 0 radical (unpaired) electrons. The third-order valence-corrected chi connectivity index (χ3v) is 2.65. The second kappa shape index (κ2) is 8.15. The first kappa shape index (κ1) is 14.1. The molecule has 0 aliphatic heterocycles. The third kappa shape index (κ3) is 4.80. The molecule has 0 saturated heterocycles. The van der Waals surface area contributed by atoms with Crippen LogP contribution in [0.15, 0.2) is 30.4 Å². The molecule has 0 saturated carbocycles. The predicted molar refractivity (Wildman–Crippen MR) is 73.8 cm³/mol. The van der Waals surface area contributed by atoms with Crippen LogP contribution in [-0.4, -0.2) is 13.2 Å². The summed E-state index contributed by atoms with van der Waals surface area (Å²) in [6.45, 7) is 6.47. The number of para-hydroxylation sites is 1. The summed E-state index contributed by atoms with van der Waals surface area (Å²) >= 11 is 6.14. The van der Waals surface area contributed by atoms with Crippen LogP contribution in [0.25, 0.3) is 0 Å². The fraction of sp³-hybridized carbons (Fsp3) is 0.429. The third-order valence-electron chi connectivity index (χ3n) is 2.35. The molecule has 0 spiro atoms. The monoisotopic (exact) mass is 253 g/mol. The molecule has 0 unspecified atom stereocenters. The summed E-state index contributed by atoms with van der Waals surface area (Å²) in [7, 11) is 0. The van der Waals surface area contributed by atoms with Crippen LogP contribution in [0.2, 0.25) is 5.02 Å². The first-order valence-electron chi connectivity index (χ1n) is 6.01. The van der Waals surface area contributed by atoms with E-state index in [2.05, 4.69) is 12.2 Å². The fourth-order valence-corrected chi connectivity index (χ4v) is 1.73. The van der Waals surface area contributed by atoms with Crippen molar-refractivity contribution in [2.45, 2.75) is 26.8 Å². The summed E-state index contributed by atoms with van der Waals surface area (Å²) in [5, 5.41) is 4.02. The van der Waals surface area contributed by atoms with Crippen molar-refractivity contribution in [2.24, 2.45) is 0 Å². The van der Waals surface area contributed by atoms with Crippen molar-refractivity contribution in [3.05, 3.63) is 40.9 Å². The zero-order valence-electron chi connectivity index (χ0n) is 10.5. The van der Waals surface area contributed by atoms with Crippen LogP contribution in [0.1, 0.15) is 25.8 Å². The molecule has 3 heteroatoms. The number of halogens is 1. The maximum atomic E-state index is 6.14. The lowest BCUT2D eigenvalue weighted by atomic mass is 10.2. The highest BCUT2D eigenvalue weighted by Crippen LogP contribution is 2.28. The summed E-state index contributed by atoms with van der Waals surface area (Å²) < 4.78 is 5.68. The topological polar surface area (TPSA) is 21.3 Å². The predicted octanol–water partition coefficient (Wildman–Crippen LogP) is 3.79. The summed E-state index contributed by atoms with van der Waals surface area (Å²) in [5.74, 6) is 0.788. The van der Waals surface area contributed by atoms with Gasteiger partial charge in [-0.15, -0.1) is 0 Å². The van der Waals surface area contributed by atoms with E-state index in [4.69, 9.17) is 16.3 Å². The molecule has 94 valence electrons. The molecule has 1 aromatic carbocycles. The SMILES string of the molecule is C/C=C/COc1c(Cl)cccc1CNCCC. The minimum absolute atomic E-state index is 0.557. The highest BCUT2D eigenvalue weighted by molar-refractivity contribution is 6.32. The number of benzene rings is 1. The van der Waals surface area contributed by atoms with Gasteiger partial charge in [-0.1, -0.05) is 42.8 Å². The first-order valence-corrected chi connectivity index (χ1v) is 6.39. The van der Waals surface area contributed by atoms with E-state index < -0.39 is 0 Å². The number of hydrogen-bond donors (Lipinski definition) is 1. The lowest BCUT2D eigenvalue weighted by Gasteiger charge is -2.12. The zero-order valence-corrected chi connectivity index (χ0v) is 11.3. The van der Waals surface area contributed by atoms with Crippen molar-refractivity contribution in [1.82, 2.24) is 5.32 Å². The van der Waals surface area contributed by atoms with Gasteiger partial charge in [0.2, 0.25) is 0 Å². The minimum atomic E-state index is 0.557. The van der Waals surface area contributed by atoms with Gasteiger partial charge in [0.1, 0.15) is 12.4 Å². The van der Waals surface area contributed by atoms with Gasteiger partial charge in [0.25, 0.3) is 0 Å². The Morgan fingerprint density at radius 3 is 2.94 bits per heavy atom. The number of ether oxygens (including phenoxy) is 1. The average molecular weight is 254 g/mol. The van der Waals surface area contributed by atoms with Gasteiger partial charge in [-0.2, -0.15) is 0 Å². The van der Waals surface area contributed by atoms with Gasteiger partial charge in [0.15, 0.2) is 0 Å².